The van der Waals surface area contributed by atoms with Gasteiger partial charge in [-0.15, -0.1) is 0 Å². The van der Waals surface area contributed by atoms with Gasteiger partial charge in [-0.3, -0.25) is 9.78 Å². The molecule has 0 aliphatic rings. The summed E-state index contributed by atoms with van der Waals surface area (Å²) in [6, 6.07) is 10.9. The Morgan fingerprint density at radius 1 is 1.29 bits per heavy atom. The van der Waals surface area contributed by atoms with Crippen molar-refractivity contribution in [2.75, 3.05) is 12.8 Å². The summed E-state index contributed by atoms with van der Waals surface area (Å²) in [5.74, 6) is 0.372. The molecule has 7 heteroatoms. The second-order valence-corrected chi connectivity index (χ2v) is 5.04. The number of amides is 1. The second kappa shape index (κ2) is 6.82. The van der Waals surface area contributed by atoms with Crippen LogP contribution in [-0.2, 0) is 6.54 Å². The van der Waals surface area contributed by atoms with Crippen LogP contribution in [0.1, 0.15) is 15.9 Å². The van der Waals surface area contributed by atoms with E-state index in [0.717, 1.165) is 11.3 Å². The number of nitrogens with one attached hydrogen (secondary N) is 1. The van der Waals surface area contributed by atoms with E-state index in [-0.39, 0.29) is 17.4 Å². The summed E-state index contributed by atoms with van der Waals surface area (Å²) in [7, 11) is 1.60. The zero-order chi connectivity index (χ0) is 16.9. The van der Waals surface area contributed by atoms with E-state index in [1.165, 1.54) is 0 Å². The van der Waals surface area contributed by atoms with Crippen molar-refractivity contribution in [3.05, 3.63) is 59.9 Å². The molecular weight excluding hydrogens is 308 g/mol. The monoisotopic (exact) mass is 324 g/mol. The lowest BCUT2D eigenvalue weighted by atomic mass is 10.1. The number of carbonyl (C=O) groups is 1. The fourth-order valence-electron chi connectivity index (χ4n) is 2.24. The van der Waals surface area contributed by atoms with E-state index in [9.17, 15) is 4.79 Å². The fraction of sp³-hybridized carbons (Fsp3) is 0.118. The molecule has 24 heavy (non-hydrogen) atoms. The van der Waals surface area contributed by atoms with Gasteiger partial charge in [0, 0.05) is 24.5 Å². The first kappa shape index (κ1) is 15.5. The molecule has 2 aromatic heterocycles. The molecule has 7 nitrogen and oxygen atoms in total. The molecule has 0 unspecified atom stereocenters. The molecule has 3 N–H and O–H groups in total. The molecule has 0 aliphatic heterocycles. The molecule has 0 fully saturated rings. The van der Waals surface area contributed by atoms with E-state index in [2.05, 4.69) is 15.5 Å². The molecule has 1 amide bonds. The number of benzene rings is 1. The Labute approximate surface area is 138 Å². The summed E-state index contributed by atoms with van der Waals surface area (Å²) in [5.41, 5.74) is 7.93. The highest BCUT2D eigenvalue weighted by Gasteiger charge is 2.22. The highest BCUT2D eigenvalue weighted by Crippen LogP contribution is 2.26. The maximum absolute atomic E-state index is 12.5. The molecule has 0 spiro atoms. The summed E-state index contributed by atoms with van der Waals surface area (Å²) in [5, 5.41) is 6.68. The lowest BCUT2D eigenvalue weighted by Crippen LogP contribution is -2.23. The Morgan fingerprint density at radius 2 is 2.08 bits per heavy atom. The highest BCUT2D eigenvalue weighted by molar-refractivity contribution is 6.03. The van der Waals surface area contributed by atoms with E-state index in [1.54, 1.807) is 31.6 Å². The van der Waals surface area contributed by atoms with Crippen LogP contribution in [0.3, 0.4) is 0 Å². The number of methoxy groups -OCH3 is 1. The van der Waals surface area contributed by atoms with Crippen molar-refractivity contribution in [3.63, 3.8) is 0 Å². The molecule has 1 aromatic carbocycles. The Balaban J connectivity index is 1.76. The topological polar surface area (TPSA) is 103 Å². The van der Waals surface area contributed by atoms with Gasteiger partial charge in [-0.2, -0.15) is 0 Å². The third-order valence-electron chi connectivity index (χ3n) is 3.49. The quantitative estimate of drug-likeness (QED) is 0.746. The van der Waals surface area contributed by atoms with E-state index < -0.39 is 0 Å². The molecule has 2 heterocycles. The summed E-state index contributed by atoms with van der Waals surface area (Å²) in [6.07, 6.45) is 3.23. The molecule has 0 saturated heterocycles. The van der Waals surface area contributed by atoms with Gasteiger partial charge in [-0.05, 0) is 29.8 Å². The number of hydrogen-bond donors (Lipinski definition) is 2. The van der Waals surface area contributed by atoms with Gasteiger partial charge in [0.2, 0.25) is 5.88 Å². The van der Waals surface area contributed by atoms with Crippen LogP contribution in [0.25, 0.3) is 11.3 Å². The standard InChI is InChI=1S/C17H16N4O3/c1-23-13-6-4-11(5-7-13)9-20-17(22)14-15(21-24-16(14)18)12-3-2-8-19-10-12/h2-8,10H,9,18H2,1H3,(H,20,22). The van der Waals surface area contributed by atoms with Crippen molar-refractivity contribution in [2.24, 2.45) is 0 Å². The minimum absolute atomic E-state index is 0.0268. The molecule has 0 aliphatic carbocycles. The van der Waals surface area contributed by atoms with E-state index in [1.807, 2.05) is 24.3 Å². The Hall–Kier alpha value is -3.35. The predicted molar refractivity (Wildman–Crippen MR) is 88.3 cm³/mol. The van der Waals surface area contributed by atoms with E-state index >= 15 is 0 Å². The van der Waals surface area contributed by atoms with Crippen molar-refractivity contribution >= 4 is 11.8 Å². The largest absolute Gasteiger partial charge is 0.497 e. The van der Waals surface area contributed by atoms with Gasteiger partial charge in [0.1, 0.15) is 17.0 Å². The van der Waals surface area contributed by atoms with E-state index in [0.29, 0.717) is 17.8 Å². The molecule has 0 bridgehead atoms. The van der Waals surface area contributed by atoms with Crippen molar-refractivity contribution in [2.45, 2.75) is 6.54 Å². The van der Waals surface area contributed by atoms with Gasteiger partial charge in [-0.1, -0.05) is 17.3 Å². The summed E-state index contributed by atoms with van der Waals surface area (Å²) in [6.45, 7) is 0.347. The van der Waals surface area contributed by atoms with Crippen molar-refractivity contribution in [1.29, 1.82) is 0 Å². The zero-order valence-corrected chi connectivity index (χ0v) is 13.0. The number of anilines is 1. The maximum Gasteiger partial charge on any atom is 0.259 e. The van der Waals surface area contributed by atoms with Crippen LogP contribution >= 0.6 is 0 Å². The molecule has 0 saturated carbocycles. The minimum Gasteiger partial charge on any atom is -0.497 e. The van der Waals surface area contributed by atoms with Gasteiger partial charge >= 0.3 is 0 Å². The van der Waals surface area contributed by atoms with E-state index in [4.69, 9.17) is 15.0 Å². The smallest absolute Gasteiger partial charge is 0.259 e. The average molecular weight is 324 g/mol. The summed E-state index contributed by atoms with van der Waals surface area (Å²) < 4.78 is 10.1. The zero-order valence-electron chi connectivity index (χ0n) is 13.0. The summed E-state index contributed by atoms with van der Waals surface area (Å²) >= 11 is 0. The van der Waals surface area contributed by atoms with Gasteiger partial charge in [0.25, 0.3) is 5.91 Å². The van der Waals surface area contributed by atoms with Crippen molar-refractivity contribution in [1.82, 2.24) is 15.5 Å². The molecule has 3 aromatic rings. The third-order valence-corrected chi connectivity index (χ3v) is 3.49. The second-order valence-electron chi connectivity index (χ2n) is 5.04. The number of aromatic nitrogens is 2. The number of nitrogens with two attached hydrogens (primary N) is 1. The molecule has 0 atom stereocenters. The van der Waals surface area contributed by atoms with Crippen LogP contribution in [0.5, 0.6) is 5.75 Å². The van der Waals surface area contributed by atoms with Gasteiger partial charge in [-0.25, -0.2) is 0 Å². The Morgan fingerprint density at radius 3 is 2.75 bits per heavy atom. The average Bonchev–Trinajstić information content (AvgIpc) is 3.02. The molecular formula is C17H16N4O3. The molecule has 0 radical (unpaired) electrons. The Bertz CT molecular complexity index is 829. The molecule has 122 valence electrons. The van der Waals surface area contributed by atoms with Crippen LogP contribution in [0.15, 0.2) is 53.3 Å². The number of carbonyl (C=O) groups excluding carboxylic acids is 1. The van der Waals surface area contributed by atoms with Crippen LogP contribution in [0.2, 0.25) is 0 Å². The van der Waals surface area contributed by atoms with Crippen LogP contribution < -0.4 is 15.8 Å². The SMILES string of the molecule is COc1ccc(CNC(=O)c2c(-c3cccnc3)noc2N)cc1. The van der Waals surface area contributed by atoms with Crippen molar-refractivity contribution in [3.8, 4) is 17.0 Å². The summed E-state index contributed by atoms with van der Waals surface area (Å²) in [4.78, 5) is 16.5. The normalized spacial score (nSPS) is 10.4. The van der Waals surface area contributed by atoms with Crippen LogP contribution in [-0.4, -0.2) is 23.2 Å². The Kier molecular flexibility index (Phi) is 4.42. The van der Waals surface area contributed by atoms with Gasteiger partial charge in [0.05, 0.1) is 7.11 Å². The maximum atomic E-state index is 12.5. The first-order valence-corrected chi connectivity index (χ1v) is 7.25. The minimum atomic E-state index is -0.358. The van der Waals surface area contributed by atoms with Gasteiger partial charge < -0.3 is 20.3 Å². The number of pyridine rings is 1. The first-order chi connectivity index (χ1) is 11.7. The lowest BCUT2D eigenvalue weighted by molar-refractivity contribution is 0.0952. The molecule has 3 rings (SSSR count). The third kappa shape index (κ3) is 3.19. The highest BCUT2D eigenvalue weighted by atomic mass is 16.5. The lowest BCUT2D eigenvalue weighted by Gasteiger charge is -2.06. The van der Waals surface area contributed by atoms with Crippen LogP contribution in [0.4, 0.5) is 5.88 Å². The number of hydrogen-bond acceptors (Lipinski definition) is 6. The fourth-order valence-corrected chi connectivity index (χ4v) is 2.24. The van der Waals surface area contributed by atoms with Gasteiger partial charge in [0.15, 0.2) is 0 Å². The number of ether oxygens (including phenoxy) is 1. The first-order valence-electron chi connectivity index (χ1n) is 7.25. The number of rotatable bonds is 5. The van der Waals surface area contributed by atoms with Crippen molar-refractivity contribution < 1.29 is 14.1 Å². The van der Waals surface area contributed by atoms with Crippen LogP contribution in [0, 0.1) is 0 Å². The predicted octanol–water partition coefficient (Wildman–Crippen LogP) is 2.26. The number of nitrogens with zero attached hydrogens (tertiary/aromatic N) is 2. The number of nitrogen functional groups attached to an aromatic ring is 1.